The number of aryl methyl sites for hydroxylation is 1. The van der Waals surface area contributed by atoms with Crippen LogP contribution < -0.4 is 15.8 Å². The highest BCUT2D eigenvalue weighted by molar-refractivity contribution is 5.86. The number of carbonyl (C=O) groups is 1. The second-order valence-electron chi connectivity index (χ2n) is 7.27. The Morgan fingerprint density at radius 1 is 1.29 bits per heavy atom. The zero-order valence-corrected chi connectivity index (χ0v) is 15.3. The summed E-state index contributed by atoms with van der Waals surface area (Å²) in [6.45, 7) is 3.33. The van der Waals surface area contributed by atoms with Crippen LogP contribution >= 0.6 is 12.4 Å². The van der Waals surface area contributed by atoms with Crippen molar-refractivity contribution in [3.63, 3.8) is 0 Å². The molecule has 3 rings (SSSR count). The molecular formula is C19H29ClN2O2. The van der Waals surface area contributed by atoms with Gasteiger partial charge in [0.1, 0.15) is 5.75 Å². The number of hydrogen-bond donors (Lipinski definition) is 2. The standard InChI is InChI=1S/C19H28N2O2.ClH/c1-14-5-8-16(17(11-14)23-13-15-6-7-15)12-21-18(22)19(20)9-3-2-4-10-19;/h5,8,11,15H,2-4,6-7,9-10,12-13,20H2,1H3,(H,21,22);1H. The van der Waals surface area contributed by atoms with E-state index in [-0.39, 0.29) is 18.3 Å². The number of nitrogens with one attached hydrogen (secondary N) is 1. The molecule has 0 aliphatic heterocycles. The summed E-state index contributed by atoms with van der Waals surface area (Å²) < 4.78 is 5.96. The van der Waals surface area contributed by atoms with Gasteiger partial charge < -0.3 is 15.8 Å². The molecule has 0 bridgehead atoms. The summed E-state index contributed by atoms with van der Waals surface area (Å²) in [4.78, 5) is 12.5. The van der Waals surface area contributed by atoms with Crippen molar-refractivity contribution in [2.24, 2.45) is 11.7 Å². The summed E-state index contributed by atoms with van der Waals surface area (Å²) in [6.07, 6.45) is 7.40. The maximum atomic E-state index is 12.5. The molecule has 0 heterocycles. The maximum absolute atomic E-state index is 12.5. The minimum atomic E-state index is -0.683. The van der Waals surface area contributed by atoms with Gasteiger partial charge in [-0.1, -0.05) is 31.4 Å². The van der Waals surface area contributed by atoms with Crippen LogP contribution in [0, 0.1) is 12.8 Å². The van der Waals surface area contributed by atoms with Gasteiger partial charge in [-0.15, -0.1) is 12.4 Å². The zero-order valence-electron chi connectivity index (χ0n) is 14.5. The van der Waals surface area contributed by atoms with Gasteiger partial charge in [0.25, 0.3) is 0 Å². The van der Waals surface area contributed by atoms with Gasteiger partial charge in [-0.25, -0.2) is 0 Å². The van der Waals surface area contributed by atoms with E-state index in [9.17, 15) is 4.79 Å². The lowest BCUT2D eigenvalue weighted by Gasteiger charge is -2.31. The number of ether oxygens (including phenoxy) is 1. The van der Waals surface area contributed by atoms with Gasteiger partial charge in [-0.05, 0) is 50.2 Å². The van der Waals surface area contributed by atoms with Crippen molar-refractivity contribution >= 4 is 18.3 Å². The molecular weight excluding hydrogens is 324 g/mol. The van der Waals surface area contributed by atoms with Gasteiger partial charge >= 0.3 is 0 Å². The third-order valence-electron chi connectivity index (χ3n) is 5.03. The monoisotopic (exact) mass is 352 g/mol. The lowest BCUT2D eigenvalue weighted by Crippen LogP contribution is -2.54. The topological polar surface area (TPSA) is 64.4 Å². The van der Waals surface area contributed by atoms with Crippen LogP contribution in [-0.4, -0.2) is 18.1 Å². The van der Waals surface area contributed by atoms with Gasteiger partial charge in [0.2, 0.25) is 5.91 Å². The van der Waals surface area contributed by atoms with E-state index >= 15 is 0 Å². The van der Waals surface area contributed by atoms with Gasteiger partial charge in [0.15, 0.2) is 0 Å². The highest BCUT2D eigenvalue weighted by Crippen LogP contribution is 2.31. The van der Waals surface area contributed by atoms with Crippen molar-refractivity contribution in [2.75, 3.05) is 6.61 Å². The fourth-order valence-electron chi connectivity index (χ4n) is 3.20. The highest BCUT2D eigenvalue weighted by Gasteiger charge is 2.35. The summed E-state index contributed by atoms with van der Waals surface area (Å²) in [5, 5.41) is 3.03. The van der Waals surface area contributed by atoms with E-state index in [0.29, 0.717) is 12.5 Å². The molecule has 2 fully saturated rings. The number of hydrogen-bond acceptors (Lipinski definition) is 3. The maximum Gasteiger partial charge on any atom is 0.240 e. The minimum absolute atomic E-state index is 0. The Morgan fingerprint density at radius 2 is 2.00 bits per heavy atom. The number of halogens is 1. The molecule has 1 amide bonds. The second-order valence-corrected chi connectivity index (χ2v) is 7.27. The highest BCUT2D eigenvalue weighted by atomic mass is 35.5. The lowest BCUT2D eigenvalue weighted by atomic mass is 9.82. The molecule has 3 N–H and O–H groups in total. The molecule has 2 aliphatic rings. The molecule has 0 saturated heterocycles. The van der Waals surface area contributed by atoms with Crippen LogP contribution in [0.1, 0.15) is 56.1 Å². The first-order valence-electron chi connectivity index (χ1n) is 8.86. The Morgan fingerprint density at radius 3 is 2.67 bits per heavy atom. The average Bonchev–Trinajstić information content (AvgIpc) is 3.36. The van der Waals surface area contributed by atoms with E-state index in [0.717, 1.165) is 43.6 Å². The summed E-state index contributed by atoms with van der Waals surface area (Å²) in [5.74, 6) is 1.59. The number of benzene rings is 1. The van der Waals surface area contributed by atoms with Crippen LogP contribution in [0.2, 0.25) is 0 Å². The molecule has 24 heavy (non-hydrogen) atoms. The molecule has 1 aromatic carbocycles. The Balaban J connectivity index is 0.00000208. The molecule has 2 aliphatic carbocycles. The fraction of sp³-hybridized carbons (Fsp3) is 0.632. The van der Waals surface area contributed by atoms with E-state index in [1.165, 1.54) is 24.8 Å². The molecule has 4 nitrogen and oxygen atoms in total. The molecule has 2 saturated carbocycles. The summed E-state index contributed by atoms with van der Waals surface area (Å²) >= 11 is 0. The Kier molecular flexibility index (Phi) is 6.53. The van der Waals surface area contributed by atoms with Gasteiger partial charge in [0, 0.05) is 12.1 Å². The summed E-state index contributed by atoms with van der Waals surface area (Å²) in [5.41, 5.74) is 7.82. The first kappa shape index (κ1) is 19.1. The van der Waals surface area contributed by atoms with Crippen molar-refractivity contribution in [3.05, 3.63) is 29.3 Å². The molecule has 5 heteroatoms. The van der Waals surface area contributed by atoms with Crippen LogP contribution in [0.4, 0.5) is 0 Å². The molecule has 1 aromatic rings. The third kappa shape index (κ3) is 4.87. The largest absolute Gasteiger partial charge is 0.493 e. The quantitative estimate of drug-likeness (QED) is 0.823. The first-order chi connectivity index (χ1) is 11.1. The fourth-order valence-corrected chi connectivity index (χ4v) is 3.20. The van der Waals surface area contributed by atoms with Gasteiger partial charge in [-0.3, -0.25) is 4.79 Å². The van der Waals surface area contributed by atoms with Crippen LogP contribution in [0.15, 0.2) is 18.2 Å². The summed E-state index contributed by atoms with van der Waals surface area (Å²) in [7, 11) is 0. The third-order valence-corrected chi connectivity index (χ3v) is 5.03. The predicted octanol–water partition coefficient (Wildman–Crippen LogP) is 3.48. The van der Waals surface area contributed by atoms with Crippen LogP contribution in [0.3, 0.4) is 0 Å². The van der Waals surface area contributed by atoms with E-state index in [1.54, 1.807) is 0 Å². The Labute approximate surface area is 150 Å². The number of nitrogens with two attached hydrogens (primary N) is 1. The van der Waals surface area contributed by atoms with E-state index in [2.05, 4.69) is 24.4 Å². The lowest BCUT2D eigenvalue weighted by molar-refractivity contribution is -0.127. The van der Waals surface area contributed by atoms with Gasteiger partial charge in [-0.2, -0.15) is 0 Å². The average molecular weight is 353 g/mol. The SMILES string of the molecule is Cc1ccc(CNC(=O)C2(N)CCCCC2)c(OCC2CC2)c1.Cl. The van der Waals surface area contributed by atoms with Crippen LogP contribution in [0.25, 0.3) is 0 Å². The van der Waals surface area contributed by atoms with Crippen molar-refractivity contribution < 1.29 is 9.53 Å². The number of amides is 1. The number of carbonyl (C=O) groups excluding carboxylic acids is 1. The van der Waals surface area contributed by atoms with Crippen LogP contribution in [0.5, 0.6) is 5.75 Å². The first-order valence-corrected chi connectivity index (χ1v) is 8.86. The van der Waals surface area contributed by atoms with E-state index in [4.69, 9.17) is 10.5 Å². The van der Waals surface area contributed by atoms with Crippen molar-refractivity contribution in [1.82, 2.24) is 5.32 Å². The molecule has 0 aromatic heterocycles. The zero-order chi connectivity index (χ0) is 16.3. The Hall–Kier alpha value is -1.26. The minimum Gasteiger partial charge on any atom is -0.493 e. The number of rotatable bonds is 6. The Bertz CT molecular complexity index is 566. The molecule has 0 atom stereocenters. The van der Waals surface area contributed by atoms with Gasteiger partial charge in [0.05, 0.1) is 12.1 Å². The predicted molar refractivity (Wildman–Crippen MR) is 98.5 cm³/mol. The normalized spacial score (nSPS) is 19.2. The molecule has 0 spiro atoms. The molecule has 0 unspecified atom stereocenters. The smallest absolute Gasteiger partial charge is 0.240 e. The van der Waals surface area contributed by atoms with Crippen LogP contribution in [-0.2, 0) is 11.3 Å². The second kappa shape index (κ2) is 8.21. The molecule has 134 valence electrons. The summed E-state index contributed by atoms with van der Waals surface area (Å²) in [6, 6.07) is 6.16. The molecule has 0 radical (unpaired) electrons. The van der Waals surface area contributed by atoms with Crippen molar-refractivity contribution in [1.29, 1.82) is 0 Å². The van der Waals surface area contributed by atoms with Crippen molar-refractivity contribution in [2.45, 2.75) is 64.0 Å². The van der Waals surface area contributed by atoms with E-state index < -0.39 is 5.54 Å². The van der Waals surface area contributed by atoms with E-state index in [1.807, 2.05) is 6.07 Å². The van der Waals surface area contributed by atoms with Crippen molar-refractivity contribution in [3.8, 4) is 5.75 Å².